The van der Waals surface area contributed by atoms with Crippen LogP contribution < -0.4 is 10.5 Å². The Hall–Kier alpha value is -1.80. The molecule has 0 amide bonds. The second kappa shape index (κ2) is 6.10. The molecule has 1 atom stereocenters. The third-order valence-corrected chi connectivity index (χ3v) is 3.50. The van der Waals surface area contributed by atoms with Gasteiger partial charge in [0.25, 0.3) is 0 Å². The van der Waals surface area contributed by atoms with E-state index >= 15 is 0 Å². The highest BCUT2D eigenvalue weighted by Gasteiger charge is 2.06. The van der Waals surface area contributed by atoms with E-state index in [1.54, 1.807) is 0 Å². The van der Waals surface area contributed by atoms with Crippen molar-refractivity contribution >= 4 is 0 Å². The van der Waals surface area contributed by atoms with Gasteiger partial charge in [-0.15, -0.1) is 0 Å². The molecule has 0 aliphatic carbocycles. The first-order valence-electron chi connectivity index (χ1n) is 7.11. The molecule has 0 spiro atoms. The number of hydrogen-bond donors (Lipinski definition) is 1. The predicted molar refractivity (Wildman–Crippen MR) is 84.4 cm³/mol. The third-order valence-electron chi connectivity index (χ3n) is 3.50. The number of rotatable bonds is 4. The fourth-order valence-electron chi connectivity index (χ4n) is 2.33. The van der Waals surface area contributed by atoms with Crippen LogP contribution in [0.1, 0.15) is 49.4 Å². The summed E-state index contributed by atoms with van der Waals surface area (Å²) in [6.45, 7) is 8.51. The van der Waals surface area contributed by atoms with Gasteiger partial charge < -0.3 is 10.5 Å². The molecule has 2 aromatic carbocycles. The molecule has 0 aliphatic rings. The van der Waals surface area contributed by atoms with E-state index in [-0.39, 0.29) is 6.04 Å². The van der Waals surface area contributed by atoms with Crippen LogP contribution in [0, 0.1) is 6.92 Å². The van der Waals surface area contributed by atoms with Crippen molar-refractivity contribution in [3.63, 3.8) is 0 Å². The number of aryl methyl sites for hydroxylation is 1. The zero-order valence-corrected chi connectivity index (χ0v) is 12.7. The highest BCUT2D eigenvalue weighted by Crippen LogP contribution is 2.27. The van der Waals surface area contributed by atoms with Gasteiger partial charge in [0.15, 0.2) is 0 Å². The van der Waals surface area contributed by atoms with E-state index in [4.69, 9.17) is 10.5 Å². The molecule has 0 saturated carbocycles. The molecule has 2 nitrogen and oxygen atoms in total. The van der Waals surface area contributed by atoms with Crippen LogP contribution in [0.25, 0.3) is 0 Å². The molecule has 2 N–H and O–H groups in total. The van der Waals surface area contributed by atoms with Crippen molar-refractivity contribution < 1.29 is 4.74 Å². The zero-order chi connectivity index (χ0) is 14.7. The average molecular weight is 269 g/mol. The van der Waals surface area contributed by atoms with Gasteiger partial charge in [0, 0.05) is 6.04 Å². The molecule has 0 aromatic heterocycles. The van der Waals surface area contributed by atoms with Crippen molar-refractivity contribution in [2.45, 2.75) is 39.7 Å². The lowest BCUT2D eigenvalue weighted by Gasteiger charge is -2.13. The van der Waals surface area contributed by atoms with E-state index in [0.717, 1.165) is 17.1 Å². The quantitative estimate of drug-likeness (QED) is 0.854. The van der Waals surface area contributed by atoms with E-state index in [1.165, 1.54) is 11.1 Å². The first-order chi connectivity index (χ1) is 9.47. The van der Waals surface area contributed by atoms with Crippen LogP contribution in [-0.4, -0.2) is 0 Å². The van der Waals surface area contributed by atoms with Crippen molar-refractivity contribution in [3.05, 3.63) is 59.2 Å². The van der Waals surface area contributed by atoms with Crippen molar-refractivity contribution in [1.82, 2.24) is 0 Å². The summed E-state index contributed by atoms with van der Waals surface area (Å²) in [7, 11) is 0. The normalized spacial score (nSPS) is 12.5. The van der Waals surface area contributed by atoms with E-state index in [0.29, 0.717) is 5.92 Å². The lowest BCUT2D eigenvalue weighted by atomic mass is 9.98. The highest BCUT2D eigenvalue weighted by atomic mass is 16.5. The van der Waals surface area contributed by atoms with E-state index < -0.39 is 0 Å². The van der Waals surface area contributed by atoms with Crippen LogP contribution in [-0.2, 0) is 0 Å². The molecule has 0 heterocycles. The first-order valence-corrected chi connectivity index (χ1v) is 7.11. The number of ether oxygens (including phenoxy) is 1. The largest absolute Gasteiger partial charge is 0.457 e. The lowest BCUT2D eigenvalue weighted by Crippen LogP contribution is -2.04. The van der Waals surface area contributed by atoms with Gasteiger partial charge in [-0.2, -0.15) is 0 Å². The first kappa shape index (κ1) is 14.6. The topological polar surface area (TPSA) is 35.2 Å². The van der Waals surface area contributed by atoms with Crippen molar-refractivity contribution in [1.29, 1.82) is 0 Å². The molecule has 0 bridgehead atoms. The highest BCUT2D eigenvalue weighted by molar-refractivity contribution is 5.39. The Morgan fingerprint density at radius 1 is 0.900 bits per heavy atom. The fraction of sp³-hybridized carbons (Fsp3) is 0.333. The Labute approximate surface area is 121 Å². The molecule has 0 aliphatic heterocycles. The van der Waals surface area contributed by atoms with E-state index in [9.17, 15) is 0 Å². The summed E-state index contributed by atoms with van der Waals surface area (Å²) in [4.78, 5) is 0. The molecule has 0 unspecified atom stereocenters. The molecule has 2 heteroatoms. The maximum atomic E-state index is 5.89. The van der Waals surface area contributed by atoms with Crippen LogP contribution in [0.3, 0.4) is 0 Å². The summed E-state index contributed by atoms with van der Waals surface area (Å²) in [5.74, 6) is 2.25. The number of benzene rings is 2. The summed E-state index contributed by atoms with van der Waals surface area (Å²) in [5.41, 5.74) is 9.59. The third kappa shape index (κ3) is 3.40. The average Bonchev–Trinajstić information content (AvgIpc) is 2.39. The summed E-state index contributed by atoms with van der Waals surface area (Å²) in [6, 6.07) is 14.3. The molecule has 20 heavy (non-hydrogen) atoms. The molecular formula is C18H23NO. The van der Waals surface area contributed by atoms with E-state index in [1.807, 2.05) is 37.3 Å². The van der Waals surface area contributed by atoms with Gasteiger partial charge in [0.2, 0.25) is 0 Å². The van der Waals surface area contributed by atoms with Crippen LogP contribution in [0.2, 0.25) is 0 Å². The second-order valence-corrected chi connectivity index (χ2v) is 5.63. The Morgan fingerprint density at radius 3 is 2.00 bits per heavy atom. The zero-order valence-electron chi connectivity index (χ0n) is 12.7. The number of nitrogens with two attached hydrogens (primary N) is 1. The van der Waals surface area contributed by atoms with E-state index in [2.05, 4.69) is 32.9 Å². The molecule has 0 radical (unpaired) electrons. The van der Waals surface area contributed by atoms with Crippen LogP contribution in [0.15, 0.2) is 42.5 Å². The van der Waals surface area contributed by atoms with Crippen LogP contribution in [0.4, 0.5) is 0 Å². The predicted octanol–water partition coefficient (Wildman–Crippen LogP) is 4.93. The smallest absolute Gasteiger partial charge is 0.127 e. The summed E-state index contributed by atoms with van der Waals surface area (Å²) in [5, 5.41) is 0. The monoisotopic (exact) mass is 269 g/mol. The number of hydrogen-bond acceptors (Lipinski definition) is 2. The van der Waals surface area contributed by atoms with Crippen LogP contribution in [0.5, 0.6) is 11.5 Å². The minimum absolute atomic E-state index is 0.0524. The van der Waals surface area contributed by atoms with Gasteiger partial charge in [-0.3, -0.25) is 0 Å². The van der Waals surface area contributed by atoms with Crippen LogP contribution >= 0.6 is 0 Å². The Bertz CT molecular complexity index is 570. The van der Waals surface area contributed by atoms with Crippen molar-refractivity contribution in [2.75, 3.05) is 0 Å². The molecule has 2 rings (SSSR count). The van der Waals surface area contributed by atoms with Gasteiger partial charge in [0.1, 0.15) is 11.5 Å². The molecule has 2 aromatic rings. The van der Waals surface area contributed by atoms with Crippen molar-refractivity contribution in [3.8, 4) is 11.5 Å². The molecule has 0 fully saturated rings. The van der Waals surface area contributed by atoms with Gasteiger partial charge >= 0.3 is 0 Å². The summed E-state index contributed by atoms with van der Waals surface area (Å²) in [6.07, 6.45) is 0. The second-order valence-electron chi connectivity index (χ2n) is 5.63. The van der Waals surface area contributed by atoms with Gasteiger partial charge in [-0.05, 0) is 60.7 Å². The fourth-order valence-corrected chi connectivity index (χ4v) is 2.33. The molecule has 106 valence electrons. The minimum Gasteiger partial charge on any atom is -0.457 e. The maximum absolute atomic E-state index is 5.89. The minimum atomic E-state index is 0.0524. The van der Waals surface area contributed by atoms with Gasteiger partial charge in [-0.1, -0.05) is 32.0 Å². The Morgan fingerprint density at radius 2 is 1.50 bits per heavy atom. The lowest BCUT2D eigenvalue weighted by molar-refractivity contribution is 0.481. The molecule has 0 saturated heterocycles. The van der Waals surface area contributed by atoms with Crippen molar-refractivity contribution in [2.24, 2.45) is 5.73 Å². The SMILES string of the molecule is Cc1cc(Oc2ccc([C@@H](C)N)cc2)ccc1C(C)C. The Kier molecular flexibility index (Phi) is 4.46. The molecular weight excluding hydrogens is 246 g/mol. The Balaban J connectivity index is 2.15. The van der Waals surface area contributed by atoms with Gasteiger partial charge in [0.05, 0.1) is 0 Å². The maximum Gasteiger partial charge on any atom is 0.127 e. The summed E-state index contributed by atoms with van der Waals surface area (Å²) >= 11 is 0. The summed E-state index contributed by atoms with van der Waals surface area (Å²) < 4.78 is 5.89. The van der Waals surface area contributed by atoms with Gasteiger partial charge in [-0.25, -0.2) is 0 Å². The standard InChI is InChI=1S/C18H23NO/c1-12(2)18-10-9-17(11-13(18)3)20-16-7-5-15(6-8-16)14(4)19/h5-12,14H,19H2,1-4H3/t14-/m1/s1.